The van der Waals surface area contributed by atoms with Crippen molar-refractivity contribution < 1.29 is 14.3 Å². The summed E-state index contributed by atoms with van der Waals surface area (Å²) in [6.07, 6.45) is 2.09. The van der Waals surface area contributed by atoms with Crippen molar-refractivity contribution in [3.63, 3.8) is 0 Å². The van der Waals surface area contributed by atoms with Crippen molar-refractivity contribution in [1.29, 1.82) is 0 Å². The molecule has 0 heterocycles. The first-order valence-electron chi connectivity index (χ1n) is 8.46. The number of ether oxygens (including phenoxy) is 2. The molecule has 0 aliphatic rings. The smallest absolute Gasteiger partial charge is 0.224 e. The van der Waals surface area contributed by atoms with Gasteiger partial charge in [0.1, 0.15) is 11.5 Å². The summed E-state index contributed by atoms with van der Waals surface area (Å²) >= 11 is 0. The monoisotopic (exact) mass is 327 g/mol. The molecule has 2 aromatic carbocycles. The summed E-state index contributed by atoms with van der Waals surface area (Å²) < 4.78 is 11.2. The zero-order chi connectivity index (χ0) is 17.2. The fraction of sp³-hybridized carbons (Fsp3) is 0.350. The van der Waals surface area contributed by atoms with Crippen molar-refractivity contribution in [1.82, 2.24) is 0 Å². The number of rotatable bonds is 9. The lowest BCUT2D eigenvalue weighted by atomic mass is 10.2. The Morgan fingerprint density at radius 2 is 1.75 bits per heavy atom. The number of hydrogen-bond acceptors (Lipinski definition) is 3. The second kappa shape index (κ2) is 9.60. The van der Waals surface area contributed by atoms with E-state index in [1.165, 1.54) is 5.56 Å². The van der Waals surface area contributed by atoms with Crippen molar-refractivity contribution in [3.05, 3.63) is 54.1 Å². The van der Waals surface area contributed by atoms with Gasteiger partial charge in [0.15, 0.2) is 0 Å². The number of hydrogen-bond donors (Lipinski definition) is 1. The van der Waals surface area contributed by atoms with E-state index in [9.17, 15) is 4.79 Å². The Balaban J connectivity index is 1.73. The molecule has 4 nitrogen and oxygen atoms in total. The molecule has 0 bridgehead atoms. The standard InChI is InChI=1S/C20H25NO3/c1-3-16-11-13-17(14-12-16)24-15-7-10-20(22)21-18-8-5-6-9-19(18)23-4-2/h5-6,8-9,11-14H,3-4,7,10,15H2,1-2H3,(H,21,22). The predicted molar refractivity (Wildman–Crippen MR) is 96.8 cm³/mol. The second-order valence-electron chi connectivity index (χ2n) is 5.43. The Bertz CT molecular complexity index is 638. The van der Waals surface area contributed by atoms with Crippen molar-refractivity contribution in [2.45, 2.75) is 33.1 Å². The molecule has 0 aliphatic carbocycles. The molecule has 0 saturated heterocycles. The molecule has 0 aliphatic heterocycles. The Hall–Kier alpha value is -2.49. The third-order valence-corrected chi connectivity index (χ3v) is 3.61. The van der Waals surface area contributed by atoms with E-state index in [1.807, 2.05) is 43.3 Å². The first kappa shape index (κ1) is 17.9. The number of carbonyl (C=O) groups is 1. The topological polar surface area (TPSA) is 47.6 Å². The second-order valence-corrected chi connectivity index (χ2v) is 5.43. The number of para-hydroxylation sites is 2. The molecule has 0 atom stereocenters. The quantitative estimate of drug-likeness (QED) is 0.692. The minimum atomic E-state index is -0.0351. The SMILES string of the molecule is CCOc1ccccc1NC(=O)CCCOc1ccc(CC)cc1. The number of carbonyl (C=O) groups excluding carboxylic acids is 1. The van der Waals surface area contributed by atoms with E-state index in [0.29, 0.717) is 37.5 Å². The average Bonchev–Trinajstić information content (AvgIpc) is 2.61. The van der Waals surface area contributed by atoms with Crippen molar-refractivity contribution in [3.8, 4) is 11.5 Å². The first-order valence-corrected chi connectivity index (χ1v) is 8.46. The molecule has 0 radical (unpaired) electrons. The summed E-state index contributed by atoms with van der Waals surface area (Å²) in [4.78, 5) is 12.0. The molecule has 2 aromatic rings. The van der Waals surface area contributed by atoms with Crippen LogP contribution in [0.4, 0.5) is 5.69 Å². The van der Waals surface area contributed by atoms with Gasteiger partial charge in [-0.05, 0) is 49.6 Å². The van der Waals surface area contributed by atoms with Crippen LogP contribution in [0.2, 0.25) is 0 Å². The third-order valence-electron chi connectivity index (χ3n) is 3.61. The highest BCUT2D eigenvalue weighted by Crippen LogP contribution is 2.23. The molecular formula is C20H25NO3. The summed E-state index contributed by atoms with van der Waals surface area (Å²) in [5.41, 5.74) is 2.00. The molecule has 0 unspecified atom stereocenters. The van der Waals surface area contributed by atoms with Crippen LogP contribution in [0.25, 0.3) is 0 Å². The van der Waals surface area contributed by atoms with Crippen molar-refractivity contribution in [2.24, 2.45) is 0 Å². The predicted octanol–water partition coefficient (Wildman–Crippen LogP) is 4.45. The van der Waals surface area contributed by atoms with Gasteiger partial charge in [-0.15, -0.1) is 0 Å². The molecule has 128 valence electrons. The molecule has 1 N–H and O–H groups in total. The Kier molecular flexibility index (Phi) is 7.15. The molecule has 0 saturated carbocycles. The summed E-state index contributed by atoms with van der Waals surface area (Å²) in [6.45, 7) is 5.13. The van der Waals surface area contributed by atoms with Gasteiger partial charge in [-0.2, -0.15) is 0 Å². The van der Waals surface area contributed by atoms with Crippen molar-refractivity contribution >= 4 is 11.6 Å². The lowest BCUT2D eigenvalue weighted by Crippen LogP contribution is -2.13. The summed E-state index contributed by atoms with van der Waals surface area (Å²) in [7, 11) is 0. The zero-order valence-corrected chi connectivity index (χ0v) is 14.4. The average molecular weight is 327 g/mol. The van der Waals surface area contributed by atoms with Gasteiger partial charge in [-0.25, -0.2) is 0 Å². The van der Waals surface area contributed by atoms with Crippen LogP contribution in [0.3, 0.4) is 0 Å². The van der Waals surface area contributed by atoms with Gasteiger partial charge in [-0.1, -0.05) is 31.2 Å². The molecule has 2 rings (SSSR count). The molecule has 0 spiro atoms. The highest BCUT2D eigenvalue weighted by atomic mass is 16.5. The summed E-state index contributed by atoms with van der Waals surface area (Å²) in [6, 6.07) is 15.5. The lowest BCUT2D eigenvalue weighted by Gasteiger charge is -2.11. The fourth-order valence-electron chi connectivity index (χ4n) is 2.31. The van der Waals surface area contributed by atoms with Gasteiger partial charge in [0.2, 0.25) is 5.91 Å². The number of aryl methyl sites for hydroxylation is 1. The largest absolute Gasteiger partial charge is 0.494 e. The number of benzene rings is 2. The van der Waals surface area contributed by atoms with Crippen molar-refractivity contribution in [2.75, 3.05) is 18.5 Å². The Morgan fingerprint density at radius 1 is 1.00 bits per heavy atom. The summed E-state index contributed by atoms with van der Waals surface area (Å²) in [5.74, 6) is 1.50. The van der Waals surface area contributed by atoms with Crippen LogP contribution >= 0.6 is 0 Å². The Labute approximate surface area is 143 Å². The van der Waals surface area contributed by atoms with Gasteiger partial charge in [0.25, 0.3) is 0 Å². The van der Waals surface area contributed by atoms with E-state index in [-0.39, 0.29) is 5.91 Å². The van der Waals surface area contributed by atoms with E-state index in [2.05, 4.69) is 24.4 Å². The van der Waals surface area contributed by atoms with Crippen LogP contribution in [0.1, 0.15) is 32.3 Å². The minimum absolute atomic E-state index is 0.0351. The number of amides is 1. The third kappa shape index (κ3) is 5.61. The van der Waals surface area contributed by atoms with E-state index in [1.54, 1.807) is 0 Å². The van der Waals surface area contributed by atoms with E-state index in [0.717, 1.165) is 12.2 Å². The number of nitrogens with one attached hydrogen (secondary N) is 1. The van der Waals surface area contributed by atoms with E-state index < -0.39 is 0 Å². The van der Waals surface area contributed by atoms with Gasteiger partial charge in [-0.3, -0.25) is 4.79 Å². The van der Waals surface area contributed by atoms with Crippen LogP contribution in [-0.4, -0.2) is 19.1 Å². The molecule has 0 aromatic heterocycles. The highest BCUT2D eigenvalue weighted by molar-refractivity contribution is 5.92. The maximum Gasteiger partial charge on any atom is 0.224 e. The van der Waals surface area contributed by atoms with Crippen LogP contribution in [-0.2, 0) is 11.2 Å². The number of anilines is 1. The molecule has 0 fully saturated rings. The van der Waals surface area contributed by atoms with Crippen LogP contribution in [0.5, 0.6) is 11.5 Å². The fourth-order valence-corrected chi connectivity index (χ4v) is 2.31. The van der Waals surface area contributed by atoms with Crippen LogP contribution in [0, 0.1) is 0 Å². The maximum absolute atomic E-state index is 12.0. The van der Waals surface area contributed by atoms with Gasteiger partial charge in [0, 0.05) is 6.42 Å². The molecular weight excluding hydrogens is 302 g/mol. The molecule has 1 amide bonds. The normalized spacial score (nSPS) is 10.2. The molecule has 24 heavy (non-hydrogen) atoms. The Morgan fingerprint density at radius 3 is 2.46 bits per heavy atom. The van der Waals surface area contributed by atoms with E-state index in [4.69, 9.17) is 9.47 Å². The van der Waals surface area contributed by atoms with Crippen LogP contribution < -0.4 is 14.8 Å². The highest BCUT2D eigenvalue weighted by Gasteiger charge is 2.07. The lowest BCUT2D eigenvalue weighted by molar-refractivity contribution is -0.116. The molecule has 4 heteroatoms. The van der Waals surface area contributed by atoms with Gasteiger partial charge in [0.05, 0.1) is 18.9 Å². The zero-order valence-electron chi connectivity index (χ0n) is 14.4. The summed E-state index contributed by atoms with van der Waals surface area (Å²) in [5, 5.41) is 2.89. The van der Waals surface area contributed by atoms with E-state index >= 15 is 0 Å². The van der Waals surface area contributed by atoms with Gasteiger partial charge >= 0.3 is 0 Å². The first-order chi connectivity index (χ1) is 11.7. The van der Waals surface area contributed by atoms with Crippen LogP contribution in [0.15, 0.2) is 48.5 Å². The van der Waals surface area contributed by atoms with Gasteiger partial charge < -0.3 is 14.8 Å². The maximum atomic E-state index is 12.0. The minimum Gasteiger partial charge on any atom is -0.494 e.